The molecular formula is C18H22F3N3O4. The Morgan fingerprint density at radius 3 is 2.32 bits per heavy atom. The minimum Gasteiger partial charge on any atom is -0.484 e. The molecule has 154 valence electrons. The van der Waals surface area contributed by atoms with Crippen LogP contribution >= 0.6 is 0 Å². The molecule has 28 heavy (non-hydrogen) atoms. The van der Waals surface area contributed by atoms with Gasteiger partial charge in [0.25, 0.3) is 5.91 Å². The maximum atomic E-state index is 12.3. The van der Waals surface area contributed by atoms with Crippen LogP contribution in [0.3, 0.4) is 0 Å². The summed E-state index contributed by atoms with van der Waals surface area (Å²) in [6, 6.07) is 5.34. The standard InChI is InChI=1S/C18H22F3N3O4/c19-18(20,21)12-28-14-5-3-13(4-6-14)22-17(26)24-9-7-23(8-10-24)16(25)15-2-1-11-27-15/h3-6,15H,1-2,7-12H2,(H,22,26)/t15-/m1/s1. The summed E-state index contributed by atoms with van der Waals surface area (Å²) >= 11 is 0. The van der Waals surface area contributed by atoms with Crippen molar-refractivity contribution in [3.8, 4) is 5.75 Å². The fourth-order valence-electron chi connectivity index (χ4n) is 3.11. The van der Waals surface area contributed by atoms with E-state index >= 15 is 0 Å². The molecule has 0 unspecified atom stereocenters. The lowest BCUT2D eigenvalue weighted by Crippen LogP contribution is -2.53. The molecule has 0 bridgehead atoms. The smallest absolute Gasteiger partial charge is 0.422 e. The van der Waals surface area contributed by atoms with E-state index in [-0.39, 0.29) is 23.8 Å². The third-order valence-electron chi connectivity index (χ3n) is 4.59. The number of amides is 3. The number of alkyl halides is 3. The molecule has 10 heteroatoms. The quantitative estimate of drug-likeness (QED) is 0.842. The van der Waals surface area contributed by atoms with Crippen LogP contribution in [0.2, 0.25) is 0 Å². The van der Waals surface area contributed by atoms with Gasteiger partial charge in [0.2, 0.25) is 0 Å². The van der Waals surface area contributed by atoms with Crippen LogP contribution < -0.4 is 10.1 Å². The maximum absolute atomic E-state index is 12.3. The van der Waals surface area contributed by atoms with Gasteiger partial charge in [-0.2, -0.15) is 13.2 Å². The molecule has 0 radical (unpaired) electrons. The fourth-order valence-corrected chi connectivity index (χ4v) is 3.11. The van der Waals surface area contributed by atoms with Crippen LogP contribution in [0.1, 0.15) is 12.8 Å². The number of hydrogen-bond acceptors (Lipinski definition) is 4. The van der Waals surface area contributed by atoms with E-state index in [1.807, 2.05) is 0 Å². The number of carbonyl (C=O) groups is 2. The zero-order valence-corrected chi connectivity index (χ0v) is 15.2. The van der Waals surface area contributed by atoms with Crippen molar-refractivity contribution in [2.75, 3.05) is 44.7 Å². The summed E-state index contributed by atoms with van der Waals surface area (Å²) in [4.78, 5) is 28.0. The molecule has 2 saturated heterocycles. The molecule has 7 nitrogen and oxygen atoms in total. The Labute approximate surface area is 160 Å². The Kier molecular flexibility index (Phi) is 6.28. The van der Waals surface area contributed by atoms with Gasteiger partial charge in [0.05, 0.1) is 0 Å². The van der Waals surface area contributed by atoms with Gasteiger partial charge in [-0.3, -0.25) is 4.79 Å². The SMILES string of the molecule is O=C(Nc1ccc(OCC(F)(F)F)cc1)N1CCN(C(=O)[C@H]2CCCO2)CC1. The van der Waals surface area contributed by atoms with Gasteiger partial charge in [0, 0.05) is 38.5 Å². The maximum Gasteiger partial charge on any atom is 0.422 e. The molecule has 3 rings (SSSR count). The summed E-state index contributed by atoms with van der Waals surface area (Å²) in [7, 11) is 0. The van der Waals surface area contributed by atoms with Crippen LogP contribution in [-0.4, -0.2) is 73.4 Å². The fraction of sp³-hybridized carbons (Fsp3) is 0.556. The highest BCUT2D eigenvalue weighted by Crippen LogP contribution is 2.21. The van der Waals surface area contributed by atoms with E-state index in [9.17, 15) is 22.8 Å². The van der Waals surface area contributed by atoms with Crippen molar-refractivity contribution in [3.63, 3.8) is 0 Å². The molecule has 2 aliphatic rings. The van der Waals surface area contributed by atoms with Crippen LogP contribution in [0, 0.1) is 0 Å². The second-order valence-electron chi connectivity index (χ2n) is 6.67. The number of rotatable bonds is 4. The number of nitrogens with zero attached hydrogens (tertiary/aromatic N) is 2. The molecular weight excluding hydrogens is 379 g/mol. The largest absolute Gasteiger partial charge is 0.484 e. The van der Waals surface area contributed by atoms with E-state index in [1.165, 1.54) is 24.3 Å². The van der Waals surface area contributed by atoms with Crippen molar-refractivity contribution in [1.29, 1.82) is 0 Å². The lowest BCUT2D eigenvalue weighted by molar-refractivity contribution is -0.153. The molecule has 1 aromatic carbocycles. The van der Waals surface area contributed by atoms with E-state index < -0.39 is 12.8 Å². The molecule has 3 amide bonds. The first-order valence-corrected chi connectivity index (χ1v) is 9.08. The van der Waals surface area contributed by atoms with E-state index in [0.29, 0.717) is 38.5 Å². The van der Waals surface area contributed by atoms with Gasteiger partial charge in [-0.25, -0.2) is 4.79 Å². The highest BCUT2D eigenvalue weighted by Gasteiger charge is 2.31. The number of urea groups is 1. The molecule has 0 saturated carbocycles. The predicted octanol–water partition coefficient (Wildman–Crippen LogP) is 2.48. The minimum absolute atomic E-state index is 0.0213. The third-order valence-corrected chi connectivity index (χ3v) is 4.59. The third kappa shape index (κ3) is 5.51. The molecule has 0 spiro atoms. The first kappa shape index (κ1) is 20.2. The normalized spacial score (nSPS) is 20.2. The van der Waals surface area contributed by atoms with E-state index in [0.717, 1.165) is 12.8 Å². The number of nitrogens with one attached hydrogen (secondary N) is 1. The topological polar surface area (TPSA) is 71.1 Å². The van der Waals surface area contributed by atoms with Gasteiger partial charge in [-0.1, -0.05) is 0 Å². The first-order valence-electron chi connectivity index (χ1n) is 9.08. The number of piperazine rings is 1. The van der Waals surface area contributed by atoms with Gasteiger partial charge in [-0.15, -0.1) is 0 Å². The van der Waals surface area contributed by atoms with Gasteiger partial charge >= 0.3 is 12.2 Å². The summed E-state index contributed by atoms with van der Waals surface area (Å²) in [6.07, 6.45) is -3.14. The Bertz CT molecular complexity index is 682. The molecule has 0 aromatic heterocycles. The monoisotopic (exact) mass is 401 g/mol. The van der Waals surface area contributed by atoms with Crippen LogP contribution in [0.25, 0.3) is 0 Å². The van der Waals surface area contributed by atoms with E-state index in [4.69, 9.17) is 4.74 Å². The van der Waals surface area contributed by atoms with Crippen LogP contribution in [0.5, 0.6) is 5.75 Å². The van der Waals surface area contributed by atoms with E-state index in [1.54, 1.807) is 9.80 Å². The number of anilines is 1. The summed E-state index contributed by atoms with van der Waals surface area (Å²) in [6.45, 7) is 0.924. The van der Waals surface area contributed by atoms with Gasteiger partial charge in [-0.05, 0) is 37.1 Å². The minimum atomic E-state index is -4.40. The first-order chi connectivity index (χ1) is 13.3. The zero-order chi connectivity index (χ0) is 20.1. The predicted molar refractivity (Wildman–Crippen MR) is 94.1 cm³/mol. The van der Waals surface area contributed by atoms with Crippen LogP contribution in [0.4, 0.5) is 23.7 Å². The van der Waals surface area contributed by atoms with Crippen molar-refractivity contribution in [2.45, 2.75) is 25.1 Å². The Hall–Kier alpha value is -2.49. The molecule has 1 N–H and O–H groups in total. The summed E-state index contributed by atoms with van der Waals surface area (Å²) in [5.41, 5.74) is 0.447. The van der Waals surface area contributed by atoms with Gasteiger partial charge in [0.15, 0.2) is 6.61 Å². The Balaban J connectivity index is 1.44. The summed E-state index contributed by atoms with van der Waals surface area (Å²) in [5, 5.41) is 2.69. The number of benzene rings is 1. The van der Waals surface area contributed by atoms with Crippen molar-refractivity contribution in [3.05, 3.63) is 24.3 Å². The number of halogens is 3. The zero-order valence-electron chi connectivity index (χ0n) is 15.2. The molecule has 2 aliphatic heterocycles. The molecule has 2 heterocycles. The molecule has 1 atom stereocenters. The highest BCUT2D eigenvalue weighted by molar-refractivity contribution is 5.89. The lowest BCUT2D eigenvalue weighted by atomic mass is 10.2. The average molecular weight is 401 g/mol. The summed E-state index contributed by atoms with van der Waals surface area (Å²) in [5.74, 6) is 0.0450. The van der Waals surface area contributed by atoms with E-state index in [2.05, 4.69) is 10.1 Å². The highest BCUT2D eigenvalue weighted by atomic mass is 19.4. The van der Waals surface area contributed by atoms with Crippen molar-refractivity contribution < 1.29 is 32.2 Å². The molecule has 0 aliphatic carbocycles. The number of carbonyl (C=O) groups excluding carboxylic acids is 2. The molecule has 1 aromatic rings. The Morgan fingerprint density at radius 2 is 1.75 bits per heavy atom. The van der Waals surface area contributed by atoms with Crippen LogP contribution in [-0.2, 0) is 9.53 Å². The summed E-state index contributed by atoms with van der Waals surface area (Å²) < 4.78 is 46.5. The number of hydrogen-bond donors (Lipinski definition) is 1. The second-order valence-corrected chi connectivity index (χ2v) is 6.67. The average Bonchev–Trinajstić information content (AvgIpc) is 3.21. The molecule has 2 fully saturated rings. The lowest BCUT2D eigenvalue weighted by Gasteiger charge is -2.35. The van der Waals surface area contributed by atoms with Crippen LogP contribution in [0.15, 0.2) is 24.3 Å². The van der Waals surface area contributed by atoms with Gasteiger partial charge < -0.3 is 24.6 Å². The van der Waals surface area contributed by atoms with Crippen molar-refractivity contribution >= 4 is 17.6 Å². The Morgan fingerprint density at radius 1 is 1.11 bits per heavy atom. The van der Waals surface area contributed by atoms with Crippen molar-refractivity contribution in [1.82, 2.24) is 9.80 Å². The second kappa shape index (κ2) is 8.68. The van der Waals surface area contributed by atoms with Gasteiger partial charge in [0.1, 0.15) is 11.9 Å². The number of ether oxygens (including phenoxy) is 2. The van der Waals surface area contributed by atoms with Crippen molar-refractivity contribution in [2.24, 2.45) is 0 Å².